The Morgan fingerprint density at radius 1 is 0.404 bits per heavy atom. The Kier molecular flexibility index (Phi) is 32.0. The van der Waals surface area contributed by atoms with Crippen LogP contribution in [0.25, 0.3) is 0 Å². The topological polar surface area (TPSA) is 18.5 Å². The number of quaternary nitrogens is 1. The van der Waals surface area contributed by atoms with E-state index >= 15 is 0 Å². The molecule has 0 aromatic carbocycles. The van der Waals surface area contributed by atoms with E-state index in [-0.39, 0.29) is 0 Å². The van der Waals surface area contributed by atoms with Crippen molar-refractivity contribution in [1.29, 1.82) is 0 Å². The third-order valence-electron chi connectivity index (χ3n) is 10.4. The highest BCUT2D eigenvalue weighted by Gasteiger charge is 2.40. The Morgan fingerprint density at radius 3 is 1.00 bits per heavy atom. The summed E-state index contributed by atoms with van der Waals surface area (Å²) < 4.78 is 13.6. The van der Waals surface area contributed by atoms with Crippen LogP contribution in [0.2, 0.25) is 0 Å². The summed E-state index contributed by atoms with van der Waals surface area (Å²) in [5, 5.41) is 0. The number of unbranched alkanes of at least 4 members (excludes halogenated alkanes) is 24. The van der Waals surface area contributed by atoms with Crippen molar-refractivity contribution in [2.24, 2.45) is 11.8 Å². The van der Waals surface area contributed by atoms with E-state index in [0.29, 0.717) is 11.8 Å². The Bertz CT molecular complexity index is 630. The second-order valence-electron chi connectivity index (χ2n) is 15.8. The Labute approximate surface area is 296 Å². The molecule has 0 saturated carbocycles. The van der Waals surface area contributed by atoms with Gasteiger partial charge >= 0.3 is 0 Å². The minimum absolute atomic E-state index is 0.652. The molecular weight excluding hydrogens is 574 g/mol. The SMILES string of the molecule is CCCCCCCCC=CCCCCCCCCOC[C@@H]1C[N+](C)(C)C[C@H]1COCCCCCCCCC=CCCCCCCCC. The average Bonchev–Trinajstić information content (AvgIpc) is 3.36. The first-order valence-corrected chi connectivity index (χ1v) is 21.4. The van der Waals surface area contributed by atoms with Gasteiger partial charge in [0.25, 0.3) is 0 Å². The van der Waals surface area contributed by atoms with Gasteiger partial charge in [0.05, 0.1) is 40.4 Å². The lowest BCUT2D eigenvalue weighted by molar-refractivity contribution is -0.880. The van der Waals surface area contributed by atoms with Gasteiger partial charge in [0.15, 0.2) is 0 Å². The standard InChI is InChI=1S/C44H86NO2/c1-5-7-9-11-13-15-17-19-21-23-25-27-29-31-33-35-37-46-41-43-39-45(3,4)40-44(43)42-47-38-36-34-32-30-28-26-24-22-20-18-16-14-12-10-8-6-2/h19-22,43-44H,5-18,23-42H2,1-4H3/q+1/t43-,44-/m0/s1. The van der Waals surface area contributed by atoms with E-state index < -0.39 is 0 Å². The third-order valence-corrected chi connectivity index (χ3v) is 10.4. The summed E-state index contributed by atoms with van der Waals surface area (Å²) in [6.45, 7) is 10.8. The smallest absolute Gasteiger partial charge is 0.0839 e. The molecule has 0 aliphatic carbocycles. The van der Waals surface area contributed by atoms with Gasteiger partial charge < -0.3 is 14.0 Å². The largest absolute Gasteiger partial charge is 0.381 e. The van der Waals surface area contributed by atoms with Crippen molar-refractivity contribution in [2.45, 2.75) is 194 Å². The van der Waals surface area contributed by atoms with Crippen LogP contribution in [0.3, 0.4) is 0 Å². The van der Waals surface area contributed by atoms with Crippen molar-refractivity contribution in [3.8, 4) is 0 Å². The summed E-state index contributed by atoms with van der Waals surface area (Å²) in [5.74, 6) is 1.30. The zero-order chi connectivity index (χ0) is 33.9. The Hall–Kier alpha value is -0.640. The highest BCUT2D eigenvalue weighted by atomic mass is 16.5. The number of rotatable bonds is 36. The van der Waals surface area contributed by atoms with Gasteiger partial charge in [-0.15, -0.1) is 0 Å². The fourth-order valence-corrected chi connectivity index (χ4v) is 7.39. The molecule has 0 unspecified atom stereocenters. The van der Waals surface area contributed by atoms with E-state index in [4.69, 9.17) is 9.47 Å². The monoisotopic (exact) mass is 661 g/mol. The van der Waals surface area contributed by atoms with Crippen LogP contribution in [0.1, 0.15) is 194 Å². The molecule has 1 saturated heterocycles. The number of nitrogens with zero attached hydrogens (tertiary/aromatic N) is 1. The average molecular weight is 661 g/mol. The van der Waals surface area contributed by atoms with Gasteiger partial charge in [-0.05, 0) is 64.2 Å². The predicted molar refractivity (Wildman–Crippen MR) is 209 cm³/mol. The van der Waals surface area contributed by atoms with Crippen molar-refractivity contribution >= 4 is 0 Å². The first-order valence-electron chi connectivity index (χ1n) is 21.4. The van der Waals surface area contributed by atoms with Crippen molar-refractivity contribution in [3.05, 3.63) is 24.3 Å². The molecule has 3 nitrogen and oxygen atoms in total. The molecule has 0 amide bonds. The normalized spacial score (nSPS) is 18.0. The lowest BCUT2D eigenvalue weighted by Gasteiger charge is -2.23. The summed E-state index contributed by atoms with van der Waals surface area (Å²) in [6, 6.07) is 0. The van der Waals surface area contributed by atoms with Crippen LogP contribution >= 0.6 is 0 Å². The zero-order valence-electron chi connectivity index (χ0n) is 32.8. The molecule has 2 atom stereocenters. The van der Waals surface area contributed by atoms with Crippen LogP contribution in [0.5, 0.6) is 0 Å². The predicted octanol–water partition coefficient (Wildman–Crippen LogP) is 13.4. The molecule has 0 bridgehead atoms. The van der Waals surface area contributed by atoms with E-state index in [2.05, 4.69) is 52.2 Å². The highest BCUT2D eigenvalue weighted by molar-refractivity contribution is 4.82. The van der Waals surface area contributed by atoms with Gasteiger partial charge in [-0.1, -0.05) is 154 Å². The zero-order valence-corrected chi connectivity index (χ0v) is 32.8. The molecule has 1 aliphatic rings. The van der Waals surface area contributed by atoms with Crippen molar-refractivity contribution in [2.75, 3.05) is 53.6 Å². The van der Waals surface area contributed by atoms with Gasteiger partial charge in [-0.25, -0.2) is 0 Å². The van der Waals surface area contributed by atoms with Gasteiger partial charge in [0, 0.05) is 25.0 Å². The maximum atomic E-state index is 6.22. The molecule has 0 N–H and O–H groups in total. The quantitative estimate of drug-likeness (QED) is 0.0378. The summed E-state index contributed by atoms with van der Waals surface area (Å²) >= 11 is 0. The lowest BCUT2D eigenvalue weighted by atomic mass is 9.98. The van der Waals surface area contributed by atoms with E-state index in [0.717, 1.165) is 30.9 Å². The molecular formula is C44H86NO2+. The lowest BCUT2D eigenvalue weighted by Crippen LogP contribution is -2.37. The molecule has 0 spiro atoms. The fourth-order valence-electron chi connectivity index (χ4n) is 7.39. The first-order chi connectivity index (χ1) is 23.1. The van der Waals surface area contributed by atoms with Crippen LogP contribution in [0.15, 0.2) is 24.3 Å². The van der Waals surface area contributed by atoms with Gasteiger partial charge in [-0.2, -0.15) is 0 Å². The maximum absolute atomic E-state index is 6.22. The van der Waals surface area contributed by atoms with E-state index in [9.17, 15) is 0 Å². The molecule has 0 aromatic heterocycles. The fraction of sp³-hybridized carbons (Fsp3) is 0.909. The molecule has 1 rings (SSSR count). The van der Waals surface area contributed by atoms with Crippen LogP contribution in [-0.4, -0.2) is 58.1 Å². The summed E-state index contributed by atoms with van der Waals surface area (Å²) in [4.78, 5) is 0. The molecule has 47 heavy (non-hydrogen) atoms. The molecule has 0 aromatic rings. The number of hydrogen-bond donors (Lipinski definition) is 0. The van der Waals surface area contributed by atoms with Gasteiger partial charge in [0.2, 0.25) is 0 Å². The molecule has 1 aliphatic heterocycles. The second-order valence-corrected chi connectivity index (χ2v) is 15.8. The molecule has 1 fully saturated rings. The number of allylic oxidation sites excluding steroid dienone is 4. The van der Waals surface area contributed by atoms with Gasteiger partial charge in [0.1, 0.15) is 0 Å². The van der Waals surface area contributed by atoms with E-state index in [1.165, 1.54) is 193 Å². The summed E-state index contributed by atoms with van der Waals surface area (Å²) in [6.07, 6.45) is 47.8. The minimum Gasteiger partial charge on any atom is -0.381 e. The molecule has 3 heteroatoms. The Morgan fingerprint density at radius 2 is 0.681 bits per heavy atom. The second kappa shape index (κ2) is 33.8. The molecule has 0 radical (unpaired) electrons. The third kappa shape index (κ3) is 30.0. The first kappa shape index (κ1) is 44.4. The van der Waals surface area contributed by atoms with Crippen molar-refractivity contribution in [3.63, 3.8) is 0 Å². The summed E-state index contributed by atoms with van der Waals surface area (Å²) in [5.41, 5.74) is 0. The number of hydrogen-bond acceptors (Lipinski definition) is 2. The molecule has 1 heterocycles. The Balaban J connectivity index is 1.91. The number of ether oxygens (including phenoxy) is 2. The minimum atomic E-state index is 0.652. The number of likely N-dealkylation sites (tertiary alicyclic amines) is 1. The van der Waals surface area contributed by atoms with E-state index in [1.807, 2.05) is 0 Å². The molecule has 278 valence electrons. The van der Waals surface area contributed by atoms with Gasteiger partial charge in [-0.3, -0.25) is 0 Å². The van der Waals surface area contributed by atoms with Crippen LogP contribution < -0.4 is 0 Å². The highest BCUT2D eigenvalue weighted by Crippen LogP contribution is 2.28. The van der Waals surface area contributed by atoms with Crippen LogP contribution in [-0.2, 0) is 9.47 Å². The van der Waals surface area contributed by atoms with Crippen LogP contribution in [0, 0.1) is 11.8 Å². The maximum Gasteiger partial charge on any atom is 0.0839 e. The van der Waals surface area contributed by atoms with Crippen LogP contribution in [0.4, 0.5) is 0 Å². The summed E-state index contributed by atoms with van der Waals surface area (Å²) in [7, 11) is 4.76. The van der Waals surface area contributed by atoms with Crippen molar-refractivity contribution < 1.29 is 14.0 Å². The van der Waals surface area contributed by atoms with E-state index in [1.54, 1.807) is 0 Å². The van der Waals surface area contributed by atoms with Crippen molar-refractivity contribution in [1.82, 2.24) is 0 Å².